The number of alkyl halides is 3. The van der Waals surface area contributed by atoms with Gasteiger partial charge in [-0.05, 0) is 43.2 Å². The summed E-state index contributed by atoms with van der Waals surface area (Å²) in [5.41, 5.74) is 0.0681. The second kappa shape index (κ2) is 7.31. The largest absolute Gasteiger partial charge is 0.416 e. The van der Waals surface area contributed by atoms with Crippen LogP contribution >= 0.6 is 11.8 Å². The van der Waals surface area contributed by atoms with Gasteiger partial charge in [0.1, 0.15) is 5.82 Å². The number of anilines is 3. The van der Waals surface area contributed by atoms with Crippen LogP contribution in [0, 0.1) is 11.7 Å². The van der Waals surface area contributed by atoms with Gasteiger partial charge in [-0.2, -0.15) is 13.2 Å². The molecule has 2 aromatic rings. The molecule has 28 heavy (non-hydrogen) atoms. The third kappa shape index (κ3) is 3.83. The van der Waals surface area contributed by atoms with Gasteiger partial charge in [0.05, 0.1) is 22.6 Å². The topological polar surface area (TPSA) is 41.1 Å². The average molecular weight is 410 g/mol. The van der Waals surface area contributed by atoms with Gasteiger partial charge in [-0.1, -0.05) is 31.0 Å². The Morgan fingerprint density at radius 2 is 1.82 bits per heavy atom. The lowest BCUT2D eigenvalue weighted by Crippen LogP contribution is -2.25. The van der Waals surface area contributed by atoms with Gasteiger partial charge in [-0.25, -0.2) is 4.39 Å². The second-order valence-corrected chi connectivity index (χ2v) is 8.17. The Morgan fingerprint density at radius 1 is 1.07 bits per heavy atom. The Hall–Kier alpha value is -2.22. The molecule has 0 aromatic heterocycles. The maximum Gasteiger partial charge on any atom is 0.416 e. The Morgan fingerprint density at radius 3 is 2.54 bits per heavy atom. The molecule has 2 aliphatic rings. The quantitative estimate of drug-likeness (QED) is 0.470. The van der Waals surface area contributed by atoms with Gasteiger partial charge in [0.25, 0.3) is 0 Å². The van der Waals surface area contributed by atoms with Crippen LogP contribution in [0.4, 0.5) is 34.6 Å². The van der Waals surface area contributed by atoms with Crippen LogP contribution in [0.15, 0.2) is 40.1 Å². The molecule has 4 rings (SSSR count). The predicted molar refractivity (Wildman–Crippen MR) is 100 cm³/mol. The molecule has 0 spiro atoms. The van der Waals surface area contributed by atoms with Crippen molar-refractivity contribution in [2.45, 2.75) is 48.1 Å². The highest BCUT2D eigenvalue weighted by Gasteiger charge is 2.34. The number of carbonyl (C=O) groups is 1. The summed E-state index contributed by atoms with van der Waals surface area (Å²) in [6.45, 7) is 0. The summed E-state index contributed by atoms with van der Waals surface area (Å²) < 4.78 is 53.7. The molecular weight excluding hydrogens is 392 g/mol. The van der Waals surface area contributed by atoms with E-state index in [2.05, 4.69) is 10.6 Å². The van der Waals surface area contributed by atoms with E-state index in [1.165, 1.54) is 18.2 Å². The highest BCUT2D eigenvalue weighted by Crippen LogP contribution is 2.49. The maximum atomic E-state index is 13.6. The zero-order valence-electron chi connectivity index (χ0n) is 14.8. The fourth-order valence-electron chi connectivity index (χ4n) is 3.63. The molecule has 0 atom stereocenters. The number of hydrogen-bond acceptors (Lipinski definition) is 3. The van der Waals surface area contributed by atoms with Gasteiger partial charge in [0, 0.05) is 15.7 Å². The minimum Gasteiger partial charge on any atom is -0.352 e. The SMILES string of the molecule is O=C(Nc1cc(C(F)(F)F)cc2c1Nc1cc(F)ccc1S2)C1CCCCC1. The van der Waals surface area contributed by atoms with Crippen molar-refractivity contribution < 1.29 is 22.4 Å². The van der Waals surface area contributed by atoms with Crippen LogP contribution in [0.2, 0.25) is 0 Å². The summed E-state index contributed by atoms with van der Waals surface area (Å²) in [5, 5.41) is 5.68. The number of halogens is 4. The third-order valence-corrected chi connectivity index (χ3v) is 6.20. The first-order chi connectivity index (χ1) is 13.3. The fraction of sp³-hybridized carbons (Fsp3) is 0.350. The van der Waals surface area contributed by atoms with Crippen LogP contribution in [0.25, 0.3) is 0 Å². The molecule has 0 radical (unpaired) electrons. The van der Waals surface area contributed by atoms with Crippen LogP contribution in [-0.4, -0.2) is 5.91 Å². The van der Waals surface area contributed by atoms with E-state index < -0.39 is 17.6 Å². The molecule has 1 aliphatic heterocycles. The molecule has 0 bridgehead atoms. The minimum absolute atomic E-state index is 0.0720. The molecule has 148 valence electrons. The predicted octanol–water partition coefficient (Wildman–Crippen LogP) is 6.57. The molecule has 3 nitrogen and oxygen atoms in total. The summed E-state index contributed by atoms with van der Waals surface area (Å²) in [7, 11) is 0. The van der Waals surface area contributed by atoms with Crippen LogP contribution in [0.1, 0.15) is 37.7 Å². The first kappa shape index (κ1) is 19.1. The van der Waals surface area contributed by atoms with Gasteiger partial charge < -0.3 is 10.6 Å². The monoisotopic (exact) mass is 410 g/mol. The molecule has 1 aliphatic carbocycles. The molecular formula is C20H18F4N2OS. The van der Waals surface area contributed by atoms with Crippen LogP contribution < -0.4 is 10.6 Å². The van der Waals surface area contributed by atoms with Crippen molar-refractivity contribution in [1.82, 2.24) is 0 Å². The number of benzene rings is 2. The fourth-order valence-corrected chi connectivity index (χ4v) is 4.67. The van der Waals surface area contributed by atoms with Crippen molar-refractivity contribution in [2.24, 2.45) is 5.92 Å². The molecule has 8 heteroatoms. The van der Waals surface area contributed by atoms with Gasteiger partial charge in [0.2, 0.25) is 5.91 Å². The zero-order valence-corrected chi connectivity index (χ0v) is 15.6. The summed E-state index contributed by atoms with van der Waals surface area (Å²) in [4.78, 5) is 13.6. The van der Waals surface area contributed by atoms with Crippen molar-refractivity contribution in [2.75, 3.05) is 10.6 Å². The number of carbonyl (C=O) groups excluding carboxylic acids is 1. The molecule has 1 saturated carbocycles. The lowest BCUT2D eigenvalue weighted by atomic mass is 9.88. The lowest BCUT2D eigenvalue weighted by Gasteiger charge is -2.26. The van der Waals surface area contributed by atoms with Crippen molar-refractivity contribution in [3.8, 4) is 0 Å². The maximum absolute atomic E-state index is 13.6. The van der Waals surface area contributed by atoms with Gasteiger partial charge in [-0.3, -0.25) is 4.79 Å². The first-order valence-corrected chi connectivity index (χ1v) is 9.93. The Bertz CT molecular complexity index is 923. The molecule has 2 aromatic carbocycles. The molecule has 0 saturated heterocycles. The van der Waals surface area contributed by atoms with E-state index in [-0.39, 0.29) is 17.5 Å². The first-order valence-electron chi connectivity index (χ1n) is 9.12. The van der Waals surface area contributed by atoms with Crippen LogP contribution in [0.3, 0.4) is 0 Å². The van der Waals surface area contributed by atoms with Crippen molar-refractivity contribution in [1.29, 1.82) is 0 Å². The normalized spacial score (nSPS) is 16.7. The smallest absolute Gasteiger partial charge is 0.352 e. The van der Waals surface area contributed by atoms with Crippen LogP contribution in [-0.2, 0) is 11.0 Å². The summed E-state index contributed by atoms with van der Waals surface area (Å²) in [6.07, 6.45) is -0.0994. The standard InChI is InChI=1S/C20H18F4N2OS/c21-13-6-7-16-14(10-13)25-18-15(26-19(27)11-4-2-1-3-5-11)8-12(20(22,23)24)9-17(18)28-16/h6-11,25H,1-5H2,(H,26,27). The number of rotatable bonds is 2. The van der Waals surface area contributed by atoms with E-state index in [9.17, 15) is 22.4 Å². The number of hydrogen-bond donors (Lipinski definition) is 2. The van der Waals surface area contributed by atoms with E-state index in [0.29, 0.717) is 21.2 Å². The van der Waals surface area contributed by atoms with E-state index in [1.54, 1.807) is 0 Å². The second-order valence-electron chi connectivity index (χ2n) is 7.09. The van der Waals surface area contributed by atoms with Crippen molar-refractivity contribution in [3.05, 3.63) is 41.7 Å². The van der Waals surface area contributed by atoms with E-state index in [0.717, 1.165) is 56.0 Å². The number of amides is 1. The van der Waals surface area contributed by atoms with Gasteiger partial charge in [-0.15, -0.1) is 0 Å². The Balaban J connectivity index is 1.71. The zero-order chi connectivity index (χ0) is 19.9. The van der Waals surface area contributed by atoms with E-state index in [1.807, 2.05) is 0 Å². The average Bonchev–Trinajstić information content (AvgIpc) is 2.66. The van der Waals surface area contributed by atoms with Gasteiger partial charge >= 0.3 is 6.18 Å². The number of nitrogens with one attached hydrogen (secondary N) is 2. The minimum atomic E-state index is -4.54. The summed E-state index contributed by atoms with van der Waals surface area (Å²) in [5.74, 6) is -0.909. The van der Waals surface area contributed by atoms with Crippen molar-refractivity contribution in [3.63, 3.8) is 0 Å². The van der Waals surface area contributed by atoms with E-state index >= 15 is 0 Å². The summed E-state index contributed by atoms with van der Waals surface area (Å²) >= 11 is 1.12. The molecule has 1 fully saturated rings. The lowest BCUT2D eigenvalue weighted by molar-refractivity contribution is -0.137. The van der Waals surface area contributed by atoms with Crippen molar-refractivity contribution >= 4 is 34.7 Å². The number of fused-ring (bicyclic) bond motifs is 2. The highest BCUT2D eigenvalue weighted by molar-refractivity contribution is 7.99. The van der Waals surface area contributed by atoms with E-state index in [4.69, 9.17) is 0 Å². The Labute approximate surface area is 163 Å². The molecule has 0 unspecified atom stereocenters. The molecule has 1 heterocycles. The summed E-state index contributed by atoms with van der Waals surface area (Å²) in [6, 6.07) is 6.06. The third-order valence-electron chi connectivity index (χ3n) is 5.08. The Kier molecular flexibility index (Phi) is 4.99. The van der Waals surface area contributed by atoms with Crippen LogP contribution in [0.5, 0.6) is 0 Å². The van der Waals surface area contributed by atoms with Gasteiger partial charge in [0.15, 0.2) is 0 Å². The highest BCUT2D eigenvalue weighted by atomic mass is 32.2. The molecule has 2 N–H and O–H groups in total. The molecule has 1 amide bonds.